The van der Waals surface area contributed by atoms with Crippen molar-refractivity contribution in [3.8, 4) is 0 Å². The van der Waals surface area contributed by atoms with Crippen molar-refractivity contribution in [1.29, 1.82) is 0 Å². The lowest BCUT2D eigenvalue weighted by Gasteiger charge is -2.21. The van der Waals surface area contributed by atoms with Gasteiger partial charge < -0.3 is 9.97 Å². The van der Waals surface area contributed by atoms with E-state index in [1.807, 2.05) is 24.4 Å². The fraction of sp³-hybridized carbons (Fsp3) is 0.190. The van der Waals surface area contributed by atoms with Gasteiger partial charge in [-0.2, -0.15) is 0 Å². The Kier molecular flexibility index (Phi) is 4.80. The van der Waals surface area contributed by atoms with Crippen molar-refractivity contribution >= 4 is 10.9 Å². The predicted octanol–water partition coefficient (Wildman–Crippen LogP) is 4.28. The molecule has 26 heavy (non-hydrogen) atoms. The van der Waals surface area contributed by atoms with E-state index in [0.29, 0.717) is 0 Å². The molecule has 5 heteroatoms. The SMILES string of the molecule is Fc1ccc(CN(CCc2c[nH]c3ccccc23)Cc2ncc[nH]2)cc1. The number of imidazole rings is 1. The highest BCUT2D eigenvalue weighted by atomic mass is 19.1. The summed E-state index contributed by atoms with van der Waals surface area (Å²) >= 11 is 0. The number of hydrogen-bond acceptors (Lipinski definition) is 2. The summed E-state index contributed by atoms with van der Waals surface area (Å²) in [6.07, 6.45) is 6.63. The average molecular weight is 348 g/mol. The molecule has 0 amide bonds. The van der Waals surface area contributed by atoms with Gasteiger partial charge in [0.15, 0.2) is 0 Å². The van der Waals surface area contributed by atoms with E-state index in [1.54, 1.807) is 6.20 Å². The van der Waals surface area contributed by atoms with Crippen LogP contribution < -0.4 is 0 Å². The zero-order valence-electron chi connectivity index (χ0n) is 14.5. The second-order valence-electron chi connectivity index (χ2n) is 6.48. The number of fused-ring (bicyclic) bond motifs is 1. The van der Waals surface area contributed by atoms with Crippen molar-refractivity contribution in [3.63, 3.8) is 0 Å². The molecule has 4 rings (SSSR count). The van der Waals surface area contributed by atoms with E-state index < -0.39 is 0 Å². The zero-order chi connectivity index (χ0) is 17.8. The van der Waals surface area contributed by atoms with Crippen LogP contribution in [-0.4, -0.2) is 26.4 Å². The second kappa shape index (κ2) is 7.54. The van der Waals surface area contributed by atoms with Gasteiger partial charge in [0.05, 0.1) is 6.54 Å². The topological polar surface area (TPSA) is 47.7 Å². The number of hydrogen-bond donors (Lipinski definition) is 2. The third kappa shape index (κ3) is 3.83. The highest BCUT2D eigenvalue weighted by Crippen LogP contribution is 2.19. The number of nitrogens with zero attached hydrogens (tertiary/aromatic N) is 2. The van der Waals surface area contributed by atoms with Gasteiger partial charge in [-0.15, -0.1) is 0 Å². The van der Waals surface area contributed by atoms with Gasteiger partial charge in [0, 0.05) is 42.6 Å². The van der Waals surface area contributed by atoms with Crippen molar-refractivity contribution in [2.24, 2.45) is 0 Å². The van der Waals surface area contributed by atoms with Crippen molar-refractivity contribution in [1.82, 2.24) is 19.9 Å². The number of H-pyrrole nitrogens is 2. The Labute approximate surface area is 151 Å². The summed E-state index contributed by atoms with van der Waals surface area (Å²) in [6.45, 7) is 2.37. The van der Waals surface area contributed by atoms with Crippen LogP contribution in [0.15, 0.2) is 67.1 Å². The molecule has 0 saturated heterocycles. The molecular weight excluding hydrogens is 327 g/mol. The average Bonchev–Trinajstić information content (AvgIpc) is 3.31. The minimum atomic E-state index is -0.204. The summed E-state index contributed by atoms with van der Waals surface area (Å²) in [5, 5.41) is 1.27. The first-order valence-electron chi connectivity index (χ1n) is 8.78. The molecular formula is C21H21FN4. The maximum absolute atomic E-state index is 13.2. The molecule has 2 aromatic carbocycles. The molecule has 0 spiro atoms. The van der Waals surface area contributed by atoms with Crippen LogP contribution >= 0.6 is 0 Å². The van der Waals surface area contributed by atoms with Crippen molar-refractivity contribution in [2.75, 3.05) is 6.54 Å². The summed E-state index contributed by atoms with van der Waals surface area (Å²) in [7, 11) is 0. The summed E-state index contributed by atoms with van der Waals surface area (Å²) in [5.41, 5.74) is 3.57. The van der Waals surface area contributed by atoms with Crippen molar-refractivity contribution < 1.29 is 4.39 Å². The molecule has 0 radical (unpaired) electrons. The molecule has 2 heterocycles. The molecule has 132 valence electrons. The Balaban J connectivity index is 1.49. The van der Waals surface area contributed by atoms with E-state index >= 15 is 0 Å². The molecule has 0 aliphatic heterocycles. The minimum Gasteiger partial charge on any atom is -0.361 e. The Bertz CT molecular complexity index is 957. The smallest absolute Gasteiger partial charge is 0.123 e. The molecule has 4 aromatic rings. The summed E-state index contributed by atoms with van der Waals surface area (Å²) < 4.78 is 13.2. The van der Waals surface area contributed by atoms with Gasteiger partial charge in [-0.3, -0.25) is 4.90 Å². The third-order valence-corrected chi connectivity index (χ3v) is 4.62. The standard InChI is InChI=1S/C21H21FN4/c22-18-7-5-16(6-8-18)14-26(15-21-23-10-11-24-21)12-9-17-13-25-20-4-2-1-3-19(17)20/h1-8,10-11,13,25H,9,12,14-15H2,(H,23,24). The summed E-state index contributed by atoms with van der Waals surface area (Å²) in [5.74, 6) is 0.733. The number of para-hydroxylation sites is 1. The fourth-order valence-electron chi connectivity index (χ4n) is 3.28. The van der Waals surface area contributed by atoms with Crippen LogP contribution in [0.5, 0.6) is 0 Å². The summed E-state index contributed by atoms with van der Waals surface area (Å²) in [4.78, 5) is 13.2. The fourth-order valence-corrected chi connectivity index (χ4v) is 3.28. The maximum atomic E-state index is 13.2. The molecule has 0 aliphatic rings. The summed E-state index contributed by atoms with van der Waals surface area (Å²) in [6, 6.07) is 15.1. The highest BCUT2D eigenvalue weighted by molar-refractivity contribution is 5.83. The Morgan fingerprint density at radius 2 is 1.81 bits per heavy atom. The van der Waals surface area contributed by atoms with Crippen LogP contribution in [-0.2, 0) is 19.5 Å². The Hall–Kier alpha value is -2.92. The highest BCUT2D eigenvalue weighted by Gasteiger charge is 2.11. The van der Waals surface area contributed by atoms with Gasteiger partial charge in [-0.05, 0) is 35.7 Å². The molecule has 2 N–H and O–H groups in total. The van der Waals surface area contributed by atoms with E-state index in [9.17, 15) is 4.39 Å². The molecule has 4 nitrogen and oxygen atoms in total. The minimum absolute atomic E-state index is 0.204. The Morgan fingerprint density at radius 1 is 0.962 bits per heavy atom. The number of aromatic amines is 2. The molecule has 0 unspecified atom stereocenters. The monoisotopic (exact) mass is 348 g/mol. The molecule has 0 fully saturated rings. The number of rotatable bonds is 7. The molecule has 0 bridgehead atoms. The number of aromatic nitrogens is 3. The lowest BCUT2D eigenvalue weighted by molar-refractivity contribution is 0.254. The Morgan fingerprint density at radius 3 is 2.62 bits per heavy atom. The quantitative estimate of drug-likeness (QED) is 0.524. The predicted molar refractivity (Wildman–Crippen MR) is 101 cm³/mol. The van der Waals surface area contributed by atoms with Crippen LogP contribution in [0.2, 0.25) is 0 Å². The van der Waals surface area contributed by atoms with E-state index in [1.165, 1.54) is 28.6 Å². The van der Waals surface area contributed by atoms with E-state index in [-0.39, 0.29) is 5.82 Å². The number of halogens is 1. The number of nitrogens with one attached hydrogen (secondary N) is 2. The van der Waals surface area contributed by atoms with Crippen LogP contribution in [0.1, 0.15) is 17.0 Å². The van der Waals surface area contributed by atoms with E-state index in [4.69, 9.17) is 0 Å². The second-order valence-corrected chi connectivity index (χ2v) is 6.48. The molecule has 2 aromatic heterocycles. The largest absolute Gasteiger partial charge is 0.361 e. The van der Waals surface area contributed by atoms with Crippen LogP contribution in [0.3, 0.4) is 0 Å². The number of benzene rings is 2. The lowest BCUT2D eigenvalue weighted by atomic mass is 10.1. The van der Waals surface area contributed by atoms with Crippen LogP contribution in [0, 0.1) is 5.82 Å². The first-order valence-corrected chi connectivity index (χ1v) is 8.78. The lowest BCUT2D eigenvalue weighted by Crippen LogP contribution is -2.26. The van der Waals surface area contributed by atoms with Gasteiger partial charge in [0.2, 0.25) is 0 Å². The van der Waals surface area contributed by atoms with Gasteiger partial charge in [-0.25, -0.2) is 9.37 Å². The molecule has 0 saturated carbocycles. The van der Waals surface area contributed by atoms with Crippen LogP contribution in [0.4, 0.5) is 4.39 Å². The van der Waals surface area contributed by atoms with Gasteiger partial charge in [-0.1, -0.05) is 30.3 Å². The first-order chi connectivity index (χ1) is 12.8. The normalized spacial score (nSPS) is 11.5. The third-order valence-electron chi connectivity index (χ3n) is 4.62. The van der Waals surface area contributed by atoms with Gasteiger partial charge in [0.25, 0.3) is 0 Å². The van der Waals surface area contributed by atoms with E-state index in [0.717, 1.165) is 37.4 Å². The van der Waals surface area contributed by atoms with Crippen molar-refractivity contribution in [2.45, 2.75) is 19.5 Å². The molecule has 0 atom stereocenters. The van der Waals surface area contributed by atoms with Gasteiger partial charge >= 0.3 is 0 Å². The van der Waals surface area contributed by atoms with Gasteiger partial charge in [0.1, 0.15) is 11.6 Å². The maximum Gasteiger partial charge on any atom is 0.123 e. The molecule has 0 aliphatic carbocycles. The zero-order valence-corrected chi connectivity index (χ0v) is 14.5. The van der Waals surface area contributed by atoms with Crippen molar-refractivity contribution in [3.05, 3.63) is 89.9 Å². The van der Waals surface area contributed by atoms with E-state index in [2.05, 4.69) is 44.2 Å². The van der Waals surface area contributed by atoms with Crippen LogP contribution in [0.25, 0.3) is 10.9 Å². The first kappa shape index (κ1) is 16.5.